The first-order chi connectivity index (χ1) is 9.63. The second kappa shape index (κ2) is 7.21. The molecule has 1 aliphatic rings. The fraction of sp³-hybridized carbons (Fsp3) is 0.875. The number of hydrogen-bond acceptors (Lipinski definition) is 3. The van der Waals surface area contributed by atoms with Gasteiger partial charge in [0.2, 0.25) is 0 Å². The van der Waals surface area contributed by atoms with E-state index in [4.69, 9.17) is 0 Å². The molecule has 0 radical (unpaired) electrons. The van der Waals surface area contributed by atoms with Gasteiger partial charge in [0.15, 0.2) is 0 Å². The van der Waals surface area contributed by atoms with Gasteiger partial charge in [-0.15, -0.1) is 10.2 Å². The minimum atomic E-state index is 0.542. The molecule has 0 saturated heterocycles. The van der Waals surface area contributed by atoms with Gasteiger partial charge in [-0.2, -0.15) is 0 Å². The van der Waals surface area contributed by atoms with Crippen LogP contribution in [-0.2, 0) is 13.1 Å². The van der Waals surface area contributed by atoms with E-state index in [0.29, 0.717) is 6.04 Å². The molecule has 1 aromatic rings. The third-order valence-electron chi connectivity index (χ3n) is 5.09. The number of nitrogens with zero attached hydrogens (tertiary/aromatic N) is 3. The normalized spacial score (nSPS) is 20.0. The molecule has 0 unspecified atom stereocenters. The summed E-state index contributed by atoms with van der Waals surface area (Å²) in [5.41, 5.74) is 0. The van der Waals surface area contributed by atoms with Crippen LogP contribution >= 0.6 is 0 Å². The van der Waals surface area contributed by atoms with Crippen molar-refractivity contribution in [3.8, 4) is 0 Å². The van der Waals surface area contributed by atoms with Gasteiger partial charge in [0, 0.05) is 12.6 Å². The lowest BCUT2D eigenvalue weighted by Crippen LogP contribution is -2.36. The number of aryl methyl sites for hydroxylation is 1. The topological polar surface area (TPSA) is 42.7 Å². The molecular formula is C16H30N4. The molecule has 0 aromatic carbocycles. The monoisotopic (exact) mass is 278 g/mol. The van der Waals surface area contributed by atoms with E-state index in [9.17, 15) is 0 Å². The summed E-state index contributed by atoms with van der Waals surface area (Å²) in [6.07, 6.45) is 7.11. The summed E-state index contributed by atoms with van der Waals surface area (Å²) < 4.78 is 2.19. The molecule has 114 valence electrons. The Morgan fingerprint density at radius 2 is 1.90 bits per heavy atom. The van der Waals surface area contributed by atoms with E-state index in [2.05, 4.69) is 40.9 Å². The minimum absolute atomic E-state index is 0.542. The number of rotatable bonds is 6. The van der Waals surface area contributed by atoms with Crippen LogP contribution in [0.3, 0.4) is 0 Å². The summed E-state index contributed by atoms with van der Waals surface area (Å²) in [6, 6.07) is 0.542. The summed E-state index contributed by atoms with van der Waals surface area (Å²) in [5.74, 6) is 3.72. The van der Waals surface area contributed by atoms with E-state index < -0.39 is 0 Å². The van der Waals surface area contributed by atoms with Crippen LogP contribution in [0.15, 0.2) is 0 Å². The Morgan fingerprint density at radius 3 is 2.55 bits per heavy atom. The van der Waals surface area contributed by atoms with Crippen LogP contribution in [0, 0.1) is 18.8 Å². The molecule has 0 spiro atoms. The van der Waals surface area contributed by atoms with E-state index in [1.165, 1.54) is 32.1 Å². The van der Waals surface area contributed by atoms with Crippen molar-refractivity contribution >= 4 is 0 Å². The van der Waals surface area contributed by atoms with E-state index in [1.807, 2.05) is 6.92 Å². The van der Waals surface area contributed by atoms with Crippen molar-refractivity contribution in [1.82, 2.24) is 20.1 Å². The molecule has 1 heterocycles. The van der Waals surface area contributed by atoms with Gasteiger partial charge in [-0.25, -0.2) is 0 Å². The van der Waals surface area contributed by atoms with Crippen LogP contribution in [0.5, 0.6) is 0 Å². The van der Waals surface area contributed by atoms with E-state index in [0.717, 1.165) is 36.6 Å². The molecule has 1 saturated carbocycles. The quantitative estimate of drug-likeness (QED) is 0.868. The predicted octanol–water partition coefficient (Wildman–Crippen LogP) is 3.30. The summed E-state index contributed by atoms with van der Waals surface area (Å²) in [5, 5.41) is 12.1. The standard InChI is InChI=1S/C16H30N4/c1-5-20-14(4)18-19-16(20)11-17-13(3)12(2)15-9-7-6-8-10-15/h12-13,15,17H,5-11H2,1-4H3/t12-,13+/m1/s1. The van der Waals surface area contributed by atoms with Gasteiger partial charge in [-0.1, -0.05) is 39.0 Å². The van der Waals surface area contributed by atoms with Crippen molar-refractivity contribution in [3.05, 3.63) is 11.6 Å². The number of hydrogen-bond donors (Lipinski definition) is 1. The lowest BCUT2D eigenvalue weighted by atomic mass is 9.78. The zero-order valence-electron chi connectivity index (χ0n) is 13.5. The summed E-state index contributed by atoms with van der Waals surface area (Å²) in [4.78, 5) is 0. The minimum Gasteiger partial charge on any atom is -0.314 e. The van der Waals surface area contributed by atoms with E-state index in [1.54, 1.807) is 0 Å². The Morgan fingerprint density at radius 1 is 1.20 bits per heavy atom. The largest absolute Gasteiger partial charge is 0.314 e. The molecule has 1 N–H and O–H groups in total. The van der Waals surface area contributed by atoms with Crippen LogP contribution in [-0.4, -0.2) is 20.8 Å². The fourth-order valence-corrected chi connectivity index (χ4v) is 3.47. The van der Waals surface area contributed by atoms with Gasteiger partial charge in [-0.3, -0.25) is 0 Å². The Kier molecular flexibility index (Phi) is 5.58. The highest BCUT2D eigenvalue weighted by Crippen LogP contribution is 2.31. The van der Waals surface area contributed by atoms with Crippen LogP contribution in [0.2, 0.25) is 0 Å². The molecule has 0 amide bonds. The highest BCUT2D eigenvalue weighted by atomic mass is 15.3. The molecule has 2 atom stereocenters. The van der Waals surface area contributed by atoms with Gasteiger partial charge in [0.05, 0.1) is 6.54 Å². The van der Waals surface area contributed by atoms with Gasteiger partial charge < -0.3 is 9.88 Å². The van der Waals surface area contributed by atoms with Crippen molar-refractivity contribution < 1.29 is 0 Å². The first-order valence-corrected chi connectivity index (χ1v) is 8.25. The van der Waals surface area contributed by atoms with Crippen molar-refractivity contribution in [1.29, 1.82) is 0 Å². The maximum atomic E-state index is 4.28. The lowest BCUT2D eigenvalue weighted by Gasteiger charge is -2.32. The third-order valence-corrected chi connectivity index (χ3v) is 5.09. The Labute approximate surface area is 123 Å². The summed E-state index contributed by atoms with van der Waals surface area (Å²) in [7, 11) is 0. The molecule has 4 heteroatoms. The van der Waals surface area contributed by atoms with Crippen LogP contribution in [0.25, 0.3) is 0 Å². The molecule has 1 aromatic heterocycles. The molecule has 20 heavy (non-hydrogen) atoms. The Bertz CT molecular complexity index is 407. The van der Waals surface area contributed by atoms with Crippen molar-refractivity contribution in [2.24, 2.45) is 11.8 Å². The average molecular weight is 278 g/mol. The molecule has 4 nitrogen and oxygen atoms in total. The molecule has 1 aliphatic carbocycles. The van der Waals surface area contributed by atoms with Gasteiger partial charge in [0.1, 0.15) is 11.6 Å². The fourth-order valence-electron chi connectivity index (χ4n) is 3.47. The predicted molar refractivity (Wildman–Crippen MR) is 82.5 cm³/mol. The first-order valence-electron chi connectivity index (χ1n) is 8.25. The smallest absolute Gasteiger partial charge is 0.146 e. The van der Waals surface area contributed by atoms with Crippen molar-refractivity contribution in [2.75, 3.05) is 0 Å². The highest BCUT2D eigenvalue weighted by molar-refractivity contribution is 4.94. The number of aromatic nitrogens is 3. The first kappa shape index (κ1) is 15.5. The highest BCUT2D eigenvalue weighted by Gasteiger charge is 2.24. The molecule has 1 fully saturated rings. The Hall–Kier alpha value is -0.900. The maximum Gasteiger partial charge on any atom is 0.146 e. The van der Waals surface area contributed by atoms with Crippen molar-refractivity contribution in [2.45, 2.75) is 78.9 Å². The van der Waals surface area contributed by atoms with Gasteiger partial charge >= 0.3 is 0 Å². The SMILES string of the molecule is CCn1c(C)nnc1CN[C@@H](C)[C@@H](C)C1CCCCC1. The van der Waals surface area contributed by atoms with Crippen LogP contribution in [0.1, 0.15) is 64.5 Å². The van der Waals surface area contributed by atoms with Crippen LogP contribution in [0.4, 0.5) is 0 Å². The second-order valence-electron chi connectivity index (χ2n) is 6.33. The van der Waals surface area contributed by atoms with Gasteiger partial charge in [-0.05, 0) is 32.6 Å². The zero-order valence-corrected chi connectivity index (χ0v) is 13.5. The number of nitrogens with one attached hydrogen (secondary N) is 1. The molecule has 2 rings (SSSR count). The van der Waals surface area contributed by atoms with Crippen LogP contribution < -0.4 is 5.32 Å². The molecule has 0 aliphatic heterocycles. The molecular weight excluding hydrogens is 248 g/mol. The Balaban J connectivity index is 1.86. The third kappa shape index (κ3) is 3.60. The maximum absolute atomic E-state index is 4.28. The van der Waals surface area contributed by atoms with Crippen molar-refractivity contribution in [3.63, 3.8) is 0 Å². The van der Waals surface area contributed by atoms with E-state index >= 15 is 0 Å². The molecule has 0 bridgehead atoms. The average Bonchev–Trinajstić information content (AvgIpc) is 2.85. The zero-order chi connectivity index (χ0) is 14.5. The van der Waals surface area contributed by atoms with Gasteiger partial charge in [0.25, 0.3) is 0 Å². The van der Waals surface area contributed by atoms with E-state index in [-0.39, 0.29) is 0 Å². The lowest BCUT2D eigenvalue weighted by molar-refractivity contribution is 0.217. The summed E-state index contributed by atoms with van der Waals surface area (Å²) >= 11 is 0. The second-order valence-corrected chi connectivity index (χ2v) is 6.33. The summed E-state index contributed by atoms with van der Waals surface area (Å²) in [6.45, 7) is 10.7.